The van der Waals surface area contributed by atoms with Gasteiger partial charge in [-0.1, -0.05) is 0 Å². The minimum absolute atomic E-state index is 0. The monoisotopic (exact) mass is 305 g/mol. The van der Waals surface area contributed by atoms with Gasteiger partial charge in [0, 0.05) is 24.3 Å². The maximum absolute atomic E-state index is 13.0. The number of nitrogens with one attached hydrogen (secondary N) is 1. The molecule has 1 aliphatic rings. The molecule has 2 rings (SSSR count). The number of likely N-dealkylation sites (tertiary alicyclic amines) is 1. The second-order valence-electron chi connectivity index (χ2n) is 4.81. The summed E-state index contributed by atoms with van der Waals surface area (Å²) >= 11 is 0. The standard InChI is InChI=1S/C13H17F2N3O.ClH/c14-11-4-3-10(6-12(11)15)17-13(19)8-18-5-1-2-9(16)7-18;/h3-4,6,9H,1-2,5,7-8,16H2,(H,17,19);1H. The van der Waals surface area contributed by atoms with Crippen molar-refractivity contribution in [1.82, 2.24) is 4.90 Å². The first-order valence-electron chi connectivity index (χ1n) is 6.27. The van der Waals surface area contributed by atoms with Crippen molar-refractivity contribution in [3.8, 4) is 0 Å². The number of benzene rings is 1. The molecule has 1 unspecified atom stereocenters. The van der Waals surface area contributed by atoms with Gasteiger partial charge in [0.25, 0.3) is 0 Å². The Kier molecular flexibility index (Phi) is 6.32. The van der Waals surface area contributed by atoms with Crippen molar-refractivity contribution >= 4 is 24.0 Å². The molecule has 1 saturated heterocycles. The van der Waals surface area contributed by atoms with Crippen LogP contribution in [0.2, 0.25) is 0 Å². The molecular formula is C13H18ClF2N3O. The van der Waals surface area contributed by atoms with Gasteiger partial charge in [-0.25, -0.2) is 8.78 Å². The first kappa shape index (κ1) is 16.8. The van der Waals surface area contributed by atoms with Gasteiger partial charge in [-0.15, -0.1) is 12.4 Å². The number of carbonyl (C=O) groups is 1. The normalized spacial score (nSPS) is 19.2. The second kappa shape index (κ2) is 7.52. The lowest BCUT2D eigenvalue weighted by Crippen LogP contribution is -2.45. The van der Waals surface area contributed by atoms with Gasteiger partial charge >= 0.3 is 0 Å². The Balaban J connectivity index is 0.00000200. The van der Waals surface area contributed by atoms with E-state index in [4.69, 9.17) is 5.73 Å². The number of piperidine rings is 1. The molecule has 1 heterocycles. The number of amides is 1. The number of rotatable bonds is 3. The number of halogens is 3. The summed E-state index contributed by atoms with van der Waals surface area (Å²) in [4.78, 5) is 13.7. The Bertz CT molecular complexity index is 473. The second-order valence-corrected chi connectivity index (χ2v) is 4.81. The molecular weight excluding hydrogens is 288 g/mol. The van der Waals surface area contributed by atoms with E-state index in [1.165, 1.54) is 6.07 Å². The van der Waals surface area contributed by atoms with Crippen LogP contribution in [0, 0.1) is 11.6 Å². The fourth-order valence-electron chi connectivity index (χ4n) is 2.21. The molecule has 1 atom stereocenters. The van der Waals surface area contributed by atoms with E-state index in [0.717, 1.165) is 31.5 Å². The van der Waals surface area contributed by atoms with Crippen LogP contribution in [0.25, 0.3) is 0 Å². The first-order chi connectivity index (χ1) is 9.04. The van der Waals surface area contributed by atoms with E-state index in [9.17, 15) is 13.6 Å². The molecule has 1 fully saturated rings. The minimum Gasteiger partial charge on any atom is -0.327 e. The highest BCUT2D eigenvalue weighted by atomic mass is 35.5. The van der Waals surface area contributed by atoms with Gasteiger partial charge in [-0.05, 0) is 31.5 Å². The molecule has 3 N–H and O–H groups in total. The smallest absolute Gasteiger partial charge is 0.238 e. The Morgan fingerprint density at radius 3 is 2.80 bits per heavy atom. The lowest BCUT2D eigenvalue weighted by Gasteiger charge is -2.29. The summed E-state index contributed by atoms with van der Waals surface area (Å²) in [6, 6.07) is 3.39. The van der Waals surface area contributed by atoms with Gasteiger partial charge in [0.05, 0.1) is 6.54 Å². The third-order valence-electron chi connectivity index (χ3n) is 3.11. The molecule has 0 radical (unpaired) electrons. The van der Waals surface area contributed by atoms with Gasteiger partial charge < -0.3 is 11.1 Å². The highest BCUT2D eigenvalue weighted by Gasteiger charge is 2.18. The van der Waals surface area contributed by atoms with Crippen LogP contribution in [-0.4, -0.2) is 36.5 Å². The molecule has 4 nitrogen and oxygen atoms in total. The van der Waals surface area contributed by atoms with Crippen LogP contribution in [0.4, 0.5) is 14.5 Å². The van der Waals surface area contributed by atoms with E-state index in [1.807, 2.05) is 4.90 Å². The summed E-state index contributed by atoms with van der Waals surface area (Å²) in [5, 5.41) is 2.54. The Morgan fingerprint density at radius 2 is 2.15 bits per heavy atom. The highest BCUT2D eigenvalue weighted by molar-refractivity contribution is 5.92. The molecule has 1 aromatic rings. The Morgan fingerprint density at radius 1 is 1.40 bits per heavy atom. The molecule has 0 aromatic heterocycles. The van der Waals surface area contributed by atoms with Crippen LogP contribution in [0.1, 0.15) is 12.8 Å². The zero-order valence-electron chi connectivity index (χ0n) is 10.9. The third-order valence-corrected chi connectivity index (χ3v) is 3.11. The van der Waals surface area contributed by atoms with Crippen LogP contribution in [0.5, 0.6) is 0 Å². The number of anilines is 1. The Labute approximate surface area is 122 Å². The van der Waals surface area contributed by atoms with E-state index in [2.05, 4.69) is 5.32 Å². The van der Waals surface area contributed by atoms with E-state index in [1.54, 1.807) is 0 Å². The summed E-state index contributed by atoms with van der Waals surface area (Å²) in [6.07, 6.45) is 1.95. The molecule has 0 aliphatic carbocycles. The number of nitrogens with two attached hydrogens (primary N) is 1. The van der Waals surface area contributed by atoms with Gasteiger partial charge in [0.1, 0.15) is 0 Å². The van der Waals surface area contributed by atoms with E-state index in [0.29, 0.717) is 6.54 Å². The van der Waals surface area contributed by atoms with Crippen molar-refractivity contribution in [2.24, 2.45) is 5.73 Å². The Hall–Kier alpha value is -1.24. The molecule has 1 aliphatic heterocycles. The van der Waals surface area contributed by atoms with Crippen LogP contribution < -0.4 is 11.1 Å². The fourth-order valence-corrected chi connectivity index (χ4v) is 2.21. The predicted octanol–water partition coefficient (Wildman–Crippen LogP) is 1.75. The molecule has 0 spiro atoms. The van der Waals surface area contributed by atoms with Gasteiger partial charge in [-0.3, -0.25) is 9.69 Å². The summed E-state index contributed by atoms with van der Waals surface area (Å²) in [6.45, 7) is 1.73. The van der Waals surface area contributed by atoms with Crippen molar-refractivity contribution in [3.63, 3.8) is 0 Å². The largest absolute Gasteiger partial charge is 0.327 e. The van der Waals surface area contributed by atoms with Crippen molar-refractivity contribution in [2.45, 2.75) is 18.9 Å². The van der Waals surface area contributed by atoms with E-state index in [-0.39, 0.29) is 36.6 Å². The van der Waals surface area contributed by atoms with Gasteiger partial charge in [0.15, 0.2) is 11.6 Å². The highest BCUT2D eigenvalue weighted by Crippen LogP contribution is 2.13. The average Bonchev–Trinajstić information content (AvgIpc) is 2.34. The topological polar surface area (TPSA) is 58.4 Å². The number of nitrogens with zero attached hydrogens (tertiary/aromatic N) is 1. The van der Waals surface area contributed by atoms with Crippen LogP contribution in [0.15, 0.2) is 18.2 Å². The van der Waals surface area contributed by atoms with Gasteiger partial charge in [-0.2, -0.15) is 0 Å². The van der Waals surface area contributed by atoms with Crippen molar-refractivity contribution < 1.29 is 13.6 Å². The fraction of sp³-hybridized carbons (Fsp3) is 0.462. The molecule has 1 aromatic carbocycles. The van der Waals surface area contributed by atoms with Crippen LogP contribution >= 0.6 is 12.4 Å². The predicted molar refractivity (Wildman–Crippen MR) is 75.9 cm³/mol. The zero-order valence-corrected chi connectivity index (χ0v) is 11.8. The first-order valence-corrected chi connectivity index (χ1v) is 6.27. The minimum atomic E-state index is -0.974. The number of carbonyl (C=O) groups excluding carboxylic acids is 1. The molecule has 20 heavy (non-hydrogen) atoms. The molecule has 0 bridgehead atoms. The molecule has 0 saturated carbocycles. The average molecular weight is 306 g/mol. The van der Waals surface area contributed by atoms with Crippen LogP contribution in [-0.2, 0) is 4.79 Å². The molecule has 1 amide bonds. The zero-order chi connectivity index (χ0) is 13.8. The molecule has 112 valence electrons. The number of hydrogen-bond acceptors (Lipinski definition) is 3. The third kappa shape index (κ3) is 4.70. The van der Waals surface area contributed by atoms with Crippen molar-refractivity contribution in [2.75, 3.05) is 25.0 Å². The quantitative estimate of drug-likeness (QED) is 0.894. The maximum atomic E-state index is 13.0. The lowest BCUT2D eigenvalue weighted by atomic mass is 10.1. The van der Waals surface area contributed by atoms with E-state index >= 15 is 0 Å². The summed E-state index contributed by atoms with van der Waals surface area (Å²) < 4.78 is 25.7. The maximum Gasteiger partial charge on any atom is 0.238 e. The molecule has 7 heteroatoms. The summed E-state index contributed by atoms with van der Waals surface area (Å²) in [7, 11) is 0. The van der Waals surface area contributed by atoms with Crippen molar-refractivity contribution in [3.05, 3.63) is 29.8 Å². The number of hydrogen-bond donors (Lipinski definition) is 2. The summed E-state index contributed by atoms with van der Waals surface area (Å²) in [5.74, 6) is -2.15. The lowest BCUT2D eigenvalue weighted by molar-refractivity contribution is -0.117. The van der Waals surface area contributed by atoms with Crippen LogP contribution in [0.3, 0.4) is 0 Å². The van der Waals surface area contributed by atoms with E-state index < -0.39 is 11.6 Å². The SMILES string of the molecule is Cl.NC1CCCN(CC(=O)Nc2ccc(F)c(F)c2)C1. The van der Waals surface area contributed by atoms with Crippen molar-refractivity contribution in [1.29, 1.82) is 0 Å². The van der Waals surface area contributed by atoms with Gasteiger partial charge in [0.2, 0.25) is 5.91 Å². The summed E-state index contributed by atoms with van der Waals surface area (Å²) in [5.41, 5.74) is 6.08.